The number of piperidine rings is 1. The Morgan fingerprint density at radius 2 is 1.91 bits per heavy atom. The highest BCUT2D eigenvalue weighted by Gasteiger charge is 2.23. The first-order valence-electron chi connectivity index (χ1n) is 7.53. The Labute approximate surface area is 150 Å². The van der Waals surface area contributed by atoms with Gasteiger partial charge in [-0.15, -0.1) is 24.8 Å². The quantitative estimate of drug-likeness (QED) is 0.807. The molecule has 1 unspecified atom stereocenters. The molecule has 0 saturated carbocycles. The number of nitrogens with two attached hydrogens (primary N) is 1. The Kier molecular flexibility index (Phi) is 11.2. The molecule has 3 N–H and O–H groups in total. The summed E-state index contributed by atoms with van der Waals surface area (Å²) in [5.74, 6) is -0.0865. The molecule has 0 spiro atoms. The molecule has 1 amide bonds. The minimum absolute atomic E-state index is 0. The highest BCUT2D eigenvalue weighted by Crippen LogP contribution is 2.13. The fourth-order valence-corrected chi connectivity index (χ4v) is 2.62. The van der Waals surface area contributed by atoms with Gasteiger partial charge in [0, 0.05) is 32.8 Å². The number of hydrogen-bond donors (Lipinski definition) is 2. The van der Waals surface area contributed by atoms with E-state index in [-0.39, 0.29) is 36.8 Å². The molecule has 1 atom stereocenters. The van der Waals surface area contributed by atoms with Crippen LogP contribution >= 0.6 is 24.8 Å². The topological polar surface area (TPSA) is 67.6 Å². The molecular formula is C16H27Cl2N3O2. The first-order chi connectivity index (χ1) is 10.2. The zero-order chi connectivity index (χ0) is 15.1. The van der Waals surface area contributed by atoms with Crippen LogP contribution in [0, 0.1) is 0 Å². The monoisotopic (exact) mass is 363 g/mol. The van der Waals surface area contributed by atoms with E-state index in [2.05, 4.69) is 10.2 Å². The second-order valence-electron chi connectivity index (χ2n) is 5.51. The molecule has 0 aliphatic carbocycles. The normalized spacial score (nSPS) is 16.8. The number of benzene rings is 1. The molecule has 1 fully saturated rings. The lowest BCUT2D eigenvalue weighted by molar-refractivity contribution is -0.123. The molecule has 2 rings (SSSR count). The minimum atomic E-state index is -0.585. The fraction of sp³-hybridized carbons (Fsp3) is 0.562. The van der Waals surface area contributed by atoms with Crippen molar-refractivity contribution in [2.75, 3.05) is 33.4 Å². The molecule has 5 nitrogen and oxygen atoms in total. The van der Waals surface area contributed by atoms with Crippen LogP contribution in [0.2, 0.25) is 0 Å². The van der Waals surface area contributed by atoms with Gasteiger partial charge in [-0.25, -0.2) is 0 Å². The lowest BCUT2D eigenvalue weighted by atomic mass is 10.0. The van der Waals surface area contributed by atoms with Crippen LogP contribution in [0.5, 0.6) is 0 Å². The SMILES string of the molecule is COCCN1CCC(NC(=O)C(N)c2ccccc2)CC1.Cl.Cl. The molecule has 1 heterocycles. The number of nitrogens with zero attached hydrogens (tertiary/aromatic N) is 1. The number of carbonyl (C=O) groups excluding carboxylic acids is 1. The first kappa shape index (κ1) is 22.1. The highest BCUT2D eigenvalue weighted by atomic mass is 35.5. The number of halogens is 2. The van der Waals surface area contributed by atoms with Gasteiger partial charge in [-0.1, -0.05) is 30.3 Å². The van der Waals surface area contributed by atoms with Gasteiger partial charge in [0.1, 0.15) is 6.04 Å². The van der Waals surface area contributed by atoms with Gasteiger partial charge in [-0.2, -0.15) is 0 Å². The van der Waals surface area contributed by atoms with Crippen LogP contribution in [0.15, 0.2) is 30.3 Å². The third kappa shape index (κ3) is 7.06. The summed E-state index contributed by atoms with van der Waals surface area (Å²) >= 11 is 0. The van der Waals surface area contributed by atoms with Crippen molar-refractivity contribution in [2.24, 2.45) is 5.73 Å². The van der Waals surface area contributed by atoms with Gasteiger partial charge >= 0.3 is 0 Å². The predicted molar refractivity (Wildman–Crippen MR) is 97.3 cm³/mol. The van der Waals surface area contributed by atoms with Gasteiger partial charge in [-0.05, 0) is 18.4 Å². The van der Waals surface area contributed by atoms with Crippen molar-refractivity contribution in [3.8, 4) is 0 Å². The van der Waals surface area contributed by atoms with E-state index in [4.69, 9.17) is 10.5 Å². The zero-order valence-electron chi connectivity index (χ0n) is 13.4. The van der Waals surface area contributed by atoms with Crippen LogP contribution in [0.3, 0.4) is 0 Å². The molecular weight excluding hydrogens is 337 g/mol. The van der Waals surface area contributed by atoms with Crippen LogP contribution < -0.4 is 11.1 Å². The van der Waals surface area contributed by atoms with Gasteiger partial charge in [0.15, 0.2) is 0 Å². The average molecular weight is 364 g/mol. The Hall–Kier alpha value is -0.850. The summed E-state index contributed by atoms with van der Waals surface area (Å²) in [7, 11) is 1.72. The molecule has 0 radical (unpaired) electrons. The van der Waals surface area contributed by atoms with E-state index in [1.54, 1.807) is 7.11 Å². The van der Waals surface area contributed by atoms with E-state index < -0.39 is 6.04 Å². The van der Waals surface area contributed by atoms with Crippen LogP contribution in [-0.2, 0) is 9.53 Å². The third-order valence-electron chi connectivity index (χ3n) is 3.99. The van der Waals surface area contributed by atoms with Gasteiger partial charge in [0.05, 0.1) is 6.61 Å². The lowest BCUT2D eigenvalue weighted by Gasteiger charge is -2.32. The maximum absolute atomic E-state index is 12.2. The van der Waals surface area contributed by atoms with E-state index in [1.807, 2.05) is 30.3 Å². The molecule has 0 bridgehead atoms. The molecule has 1 aliphatic heterocycles. The van der Waals surface area contributed by atoms with Crippen molar-refractivity contribution in [1.82, 2.24) is 10.2 Å². The van der Waals surface area contributed by atoms with Crippen LogP contribution in [0.4, 0.5) is 0 Å². The Bertz CT molecular complexity index is 440. The molecule has 23 heavy (non-hydrogen) atoms. The summed E-state index contributed by atoms with van der Waals surface area (Å²) in [6.45, 7) is 3.71. The summed E-state index contributed by atoms with van der Waals surface area (Å²) in [5, 5.41) is 3.07. The van der Waals surface area contributed by atoms with Crippen molar-refractivity contribution in [2.45, 2.75) is 24.9 Å². The van der Waals surface area contributed by atoms with E-state index in [9.17, 15) is 4.79 Å². The molecule has 1 aromatic rings. The molecule has 1 saturated heterocycles. The summed E-state index contributed by atoms with van der Waals surface area (Å²) in [6, 6.07) is 9.14. The number of amides is 1. The Morgan fingerprint density at radius 1 is 1.30 bits per heavy atom. The van der Waals surface area contributed by atoms with E-state index in [0.29, 0.717) is 0 Å². The summed E-state index contributed by atoms with van der Waals surface area (Å²) < 4.78 is 5.09. The minimum Gasteiger partial charge on any atom is -0.383 e. The number of nitrogens with one attached hydrogen (secondary N) is 1. The second kappa shape index (κ2) is 11.6. The van der Waals surface area contributed by atoms with Crippen molar-refractivity contribution < 1.29 is 9.53 Å². The maximum atomic E-state index is 12.2. The number of ether oxygens (including phenoxy) is 1. The molecule has 1 aliphatic rings. The van der Waals surface area contributed by atoms with Crippen molar-refractivity contribution in [3.05, 3.63) is 35.9 Å². The van der Waals surface area contributed by atoms with Crippen LogP contribution in [0.1, 0.15) is 24.4 Å². The largest absolute Gasteiger partial charge is 0.383 e. The zero-order valence-corrected chi connectivity index (χ0v) is 15.1. The number of likely N-dealkylation sites (tertiary alicyclic amines) is 1. The third-order valence-corrected chi connectivity index (χ3v) is 3.99. The van der Waals surface area contributed by atoms with E-state index in [0.717, 1.165) is 44.6 Å². The summed E-state index contributed by atoms with van der Waals surface area (Å²) in [6.07, 6.45) is 1.94. The smallest absolute Gasteiger partial charge is 0.241 e. The van der Waals surface area contributed by atoms with E-state index >= 15 is 0 Å². The van der Waals surface area contributed by atoms with Gasteiger partial charge < -0.3 is 20.7 Å². The fourth-order valence-electron chi connectivity index (χ4n) is 2.62. The summed E-state index contributed by atoms with van der Waals surface area (Å²) in [5.41, 5.74) is 6.86. The predicted octanol–water partition coefficient (Wildman–Crippen LogP) is 1.76. The number of carbonyl (C=O) groups is 1. The molecule has 7 heteroatoms. The average Bonchev–Trinajstić information content (AvgIpc) is 2.54. The Balaban J connectivity index is 0.00000242. The highest BCUT2D eigenvalue weighted by molar-refractivity contribution is 5.85. The van der Waals surface area contributed by atoms with E-state index in [1.165, 1.54) is 0 Å². The number of hydrogen-bond acceptors (Lipinski definition) is 4. The number of rotatable bonds is 6. The summed E-state index contributed by atoms with van der Waals surface area (Å²) in [4.78, 5) is 14.6. The lowest BCUT2D eigenvalue weighted by Crippen LogP contribution is -2.47. The van der Waals surface area contributed by atoms with Crippen LogP contribution in [0.25, 0.3) is 0 Å². The molecule has 0 aromatic heterocycles. The maximum Gasteiger partial charge on any atom is 0.241 e. The van der Waals surface area contributed by atoms with Crippen molar-refractivity contribution >= 4 is 30.7 Å². The number of methoxy groups -OCH3 is 1. The molecule has 1 aromatic carbocycles. The Morgan fingerprint density at radius 3 is 2.48 bits per heavy atom. The van der Waals surface area contributed by atoms with Crippen molar-refractivity contribution in [3.63, 3.8) is 0 Å². The van der Waals surface area contributed by atoms with Gasteiger partial charge in [0.2, 0.25) is 5.91 Å². The second-order valence-corrected chi connectivity index (χ2v) is 5.51. The van der Waals surface area contributed by atoms with Gasteiger partial charge in [0.25, 0.3) is 0 Å². The van der Waals surface area contributed by atoms with Gasteiger partial charge in [-0.3, -0.25) is 4.79 Å². The standard InChI is InChI=1S/C16H25N3O2.2ClH/c1-21-12-11-19-9-7-14(8-10-19)18-16(20)15(17)13-5-3-2-4-6-13;;/h2-6,14-15H,7-12,17H2,1H3,(H,18,20);2*1H. The molecule has 132 valence electrons. The van der Waals surface area contributed by atoms with Crippen LogP contribution in [-0.4, -0.2) is 50.2 Å². The van der Waals surface area contributed by atoms with Crippen molar-refractivity contribution in [1.29, 1.82) is 0 Å². The first-order valence-corrected chi connectivity index (χ1v) is 7.53.